The van der Waals surface area contributed by atoms with Gasteiger partial charge in [-0.2, -0.15) is 0 Å². The number of carbonyl (C=O) groups excluding carboxylic acids is 2. The number of nitrogens with zero attached hydrogens (tertiary/aromatic N) is 1. The molecular formula is C24H28Cl2N2O2. The van der Waals surface area contributed by atoms with Crippen molar-refractivity contribution in [2.45, 2.75) is 64.6 Å². The lowest BCUT2D eigenvalue weighted by Gasteiger charge is -2.30. The van der Waals surface area contributed by atoms with Crippen LogP contribution in [0.4, 0.5) is 0 Å². The molecule has 1 saturated carbocycles. The van der Waals surface area contributed by atoms with E-state index in [-0.39, 0.29) is 30.8 Å². The van der Waals surface area contributed by atoms with Crippen LogP contribution in [0.5, 0.6) is 0 Å². The number of carbonyl (C=O) groups is 2. The second-order valence-electron chi connectivity index (χ2n) is 8.09. The Morgan fingerprint density at radius 2 is 1.77 bits per heavy atom. The fourth-order valence-electron chi connectivity index (χ4n) is 3.79. The summed E-state index contributed by atoms with van der Waals surface area (Å²) in [4.78, 5) is 27.8. The summed E-state index contributed by atoms with van der Waals surface area (Å²) in [6.07, 6.45) is 4.50. The molecule has 1 aliphatic rings. The third-order valence-electron chi connectivity index (χ3n) is 5.70. The van der Waals surface area contributed by atoms with Crippen molar-refractivity contribution in [1.29, 1.82) is 0 Å². The van der Waals surface area contributed by atoms with Crippen molar-refractivity contribution in [3.63, 3.8) is 0 Å². The van der Waals surface area contributed by atoms with E-state index in [0.717, 1.165) is 42.4 Å². The zero-order chi connectivity index (χ0) is 21.7. The van der Waals surface area contributed by atoms with Gasteiger partial charge in [-0.25, -0.2) is 0 Å². The van der Waals surface area contributed by atoms with Crippen molar-refractivity contribution in [3.8, 4) is 0 Å². The molecule has 2 amide bonds. The normalized spacial score (nSPS) is 15.1. The van der Waals surface area contributed by atoms with Crippen LogP contribution in [0.25, 0.3) is 0 Å². The Hall–Kier alpha value is -2.04. The first-order chi connectivity index (χ1) is 14.3. The van der Waals surface area contributed by atoms with Gasteiger partial charge in [0.05, 0.1) is 6.42 Å². The lowest BCUT2D eigenvalue weighted by Crippen LogP contribution is -2.50. The van der Waals surface area contributed by atoms with Gasteiger partial charge in [-0.1, -0.05) is 71.9 Å². The molecule has 0 aromatic heterocycles. The van der Waals surface area contributed by atoms with Crippen LogP contribution < -0.4 is 5.32 Å². The minimum atomic E-state index is -0.602. The predicted octanol–water partition coefficient (Wildman–Crippen LogP) is 5.32. The highest BCUT2D eigenvalue weighted by molar-refractivity contribution is 6.35. The van der Waals surface area contributed by atoms with E-state index in [2.05, 4.69) is 5.32 Å². The molecule has 0 saturated heterocycles. The highest BCUT2D eigenvalue weighted by Gasteiger charge is 2.29. The topological polar surface area (TPSA) is 49.4 Å². The Kier molecular flexibility index (Phi) is 7.79. The molecule has 0 radical (unpaired) electrons. The molecule has 30 heavy (non-hydrogen) atoms. The van der Waals surface area contributed by atoms with E-state index in [1.165, 1.54) is 0 Å². The van der Waals surface area contributed by atoms with Crippen LogP contribution in [0.3, 0.4) is 0 Å². The maximum absolute atomic E-state index is 13.2. The van der Waals surface area contributed by atoms with Crippen LogP contribution in [-0.4, -0.2) is 28.8 Å². The van der Waals surface area contributed by atoms with Gasteiger partial charge in [-0.05, 0) is 49.9 Å². The molecule has 0 bridgehead atoms. The Balaban J connectivity index is 1.79. The molecule has 1 N–H and O–H groups in total. The number of nitrogens with one attached hydrogen (secondary N) is 1. The maximum atomic E-state index is 13.2. The molecule has 3 rings (SSSR count). The van der Waals surface area contributed by atoms with Crippen molar-refractivity contribution in [2.75, 3.05) is 0 Å². The molecule has 0 aliphatic heterocycles. The zero-order valence-electron chi connectivity index (χ0n) is 17.5. The van der Waals surface area contributed by atoms with E-state index in [1.807, 2.05) is 31.2 Å². The van der Waals surface area contributed by atoms with Crippen LogP contribution in [0.15, 0.2) is 42.5 Å². The first kappa shape index (κ1) is 22.6. The molecule has 2 aromatic rings. The number of hydrogen-bond donors (Lipinski definition) is 1. The fourth-order valence-corrected chi connectivity index (χ4v) is 4.26. The van der Waals surface area contributed by atoms with Crippen molar-refractivity contribution in [2.24, 2.45) is 0 Å². The van der Waals surface area contributed by atoms with E-state index in [9.17, 15) is 9.59 Å². The molecule has 4 nitrogen and oxygen atoms in total. The lowest BCUT2D eigenvalue weighted by atomic mass is 10.1. The van der Waals surface area contributed by atoms with Gasteiger partial charge in [-0.15, -0.1) is 0 Å². The molecule has 160 valence electrons. The van der Waals surface area contributed by atoms with Crippen LogP contribution in [0, 0.1) is 6.92 Å². The molecular weight excluding hydrogens is 419 g/mol. The number of aryl methyl sites for hydroxylation is 1. The predicted molar refractivity (Wildman–Crippen MR) is 122 cm³/mol. The number of rotatable bonds is 7. The largest absolute Gasteiger partial charge is 0.352 e. The van der Waals surface area contributed by atoms with E-state index >= 15 is 0 Å². The first-order valence-electron chi connectivity index (χ1n) is 10.4. The summed E-state index contributed by atoms with van der Waals surface area (Å²) >= 11 is 12.4. The molecule has 0 heterocycles. The van der Waals surface area contributed by atoms with Gasteiger partial charge >= 0.3 is 0 Å². The summed E-state index contributed by atoms with van der Waals surface area (Å²) < 4.78 is 0. The minimum absolute atomic E-state index is 0.112. The second kappa shape index (κ2) is 10.3. The average Bonchev–Trinajstić information content (AvgIpc) is 3.21. The van der Waals surface area contributed by atoms with Gasteiger partial charge in [0.15, 0.2) is 0 Å². The molecule has 1 fully saturated rings. The highest BCUT2D eigenvalue weighted by atomic mass is 35.5. The SMILES string of the molecule is Cc1ccc(CC(=O)N(Cc2ccc(Cl)cc2Cl)C(C)C(=O)NC2CCCC2)cc1. The van der Waals surface area contributed by atoms with Crippen molar-refractivity contribution in [3.05, 3.63) is 69.2 Å². The van der Waals surface area contributed by atoms with Gasteiger partial charge < -0.3 is 10.2 Å². The molecule has 6 heteroatoms. The summed E-state index contributed by atoms with van der Waals surface area (Å²) in [7, 11) is 0. The maximum Gasteiger partial charge on any atom is 0.242 e. The van der Waals surface area contributed by atoms with Gasteiger partial charge in [0.1, 0.15) is 6.04 Å². The summed E-state index contributed by atoms with van der Waals surface area (Å²) in [5, 5.41) is 4.13. The van der Waals surface area contributed by atoms with E-state index < -0.39 is 6.04 Å². The zero-order valence-corrected chi connectivity index (χ0v) is 19.0. The third kappa shape index (κ3) is 5.99. The van der Waals surface area contributed by atoms with Crippen molar-refractivity contribution >= 4 is 35.0 Å². The Bertz CT molecular complexity index is 893. The first-order valence-corrected chi connectivity index (χ1v) is 11.2. The fraction of sp³-hybridized carbons (Fsp3) is 0.417. The second-order valence-corrected chi connectivity index (χ2v) is 8.93. The van der Waals surface area contributed by atoms with Crippen LogP contribution in [0.2, 0.25) is 10.0 Å². The van der Waals surface area contributed by atoms with Crippen LogP contribution in [0.1, 0.15) is 49.3 Å². The molecule has 1 unspecified atom stereocenters. The lowest BCUT2D eigenvalue weighted by molar-refractivity contribution is -0.140. The van der Waals surface area contributed by atoms with Crippen molar-refractivity contribution in [1.82, 2.24) is 10.2 Å². The van der Waals surface area contributed by atoms with Crippen LogP contribution in [-0.2, 0) is 22.6 Å². The number of hydrogen-bond acceptors (Lipinski definition) is 2. The average molecular weight is 447 g/mol. The monoisotopic (exact) mass is 446 g/mol. The third-order valence-corrected chi connectivity index (χ3v) is 6.29. The van der Waals surface area contributed by atoms with E-state index in [4.69, 9.17) is 23.2 Å². The summed E-state index contributed by atoms with van der Waals surface area (Å²) in [6.45, 7) is 4.04. The molecule has 1 atom stereocenters. The molecule has 2 aromatic carbocycles. The van der Waals surface area contributed by atoms with E-state index in [1.54, 1.807) is 30.0 Å². The quantitative estimate of drug-likeness (QED) is 0.625. The minimum Gasteiger partial charge on any atom is -0.352 e. The Morgan fingerprint density at radius 1 is 1.10 bits per heavy atom. The number of benzene rings is 2. The van der Waals surface area contributed by atoms with Gasteiger partial charge in [0, 0.05) is 22.6 Å². The summed E-state index contributed by atoms with van der Waals surface area (Å²) in [5.74, 6) is -0.233. The van der Waals surface area contributed by atoms with Gasteiger partial charge in [0.25, 0.3) is 0 Å². The van der Waals surface area contributed by atoms with Crippen molar-refractivity contribution < 1.29 is 9.59 Å². The number of amides is 2. The number of halogens is 2. The van der Waals surface area contributed by atoms with Gasteiger partial charge in [0.2, 0.25) is 11.8 Å². The molecule has 1 aliphatic carbocycles. The smallest absolute Gasteiger partial charge is 0.242 e. The van der Waals surface area contributed by atoms with E-state index in [0.29, 0.717) is 10.0 Å². The van der Waals surface area contributed by atoms with Gasteiger partial charge in [-0.3, -0.25) is 9.59 Å². The summed E-state index contributed by atoms with van der Waals surface area (Å²) in [6, 6.07) is 12.7. The molecule has 0 spiro atoms. The van der Waals surface area contributed by atoms with Crippen LogP contribution >= 0.6 is 23.2 Å². The highest BCUT2D eigenvalue weighted by Crippen LogP contribution is 2.24. The standard InChI is InChI=1S/C24H28Cl2N2O2/c1-16-7-9-18(10-8-16)13-23(29)28(15-19-11-12-20(25)14-22(19)26)17(2)24(30)27-21-5-3-4-6-21/h7-12,14,17,21H,3-6,13,15H2,1-2H3,(H,27,30). The Labute approximate surface area is 188 Å². The summed E-state index contributed by atoms with van der Waals surface area (Å²) in [5.41, 5.74) is 2.82. The Morgan fingerprint density at radius 3 is 2.40 bits per heavy atom.